The summed E-state index contributed by atoms with van der Waals surface area (Å²) in [5, 5.41) is 2.94. The number of hydrogen-bond acceptors (Lipinski definition) is 5. The van der Waals surface area contributed by atoms with Crippen LogP contribution in [0.1, 0.15) is 5.56 Å². The number of benzene rings is 2. The molecule has 1 aliphatic heterocycles. The number of ether oxygens (including phenoxy) is 3. The van der Waals surface area contributed by atoms with E-state index >= 15 is 0 Å². The lowest BCUT2D eigenvalue weighted by Crippen LogP contribution is -2.37. The smallest absolute Gasteiger partial charge is 0.262 e. The molecule has 26 heavy (non-hydrogen) atoms. The molecule has 138 valence electrons. The van der Waals surface area contributed by atoms with E-state index in [4.69, 9.17) is 14.2 Å². The molecule has 3 rings (SSSR count). The summed E-state index contributed by atoms with van der Waals surface area (Å²) >= 11 is 0. The molecule has 0 bridgehead atoms. The van der Waals surface area contributed by atoms with Gasteiger partial charge in [0.15, 0.2) is 6.61 Å². The molecule has 0 aromatic heterocycles. The highest BCUT2D eigenvalue weighted by Crippen LogP contribution is 2.31. The zero-order valence-electron chi connectivity index (χ0n) is 15.2. The van der Waals surface area contributed by atoms with Crippen molar-refractivity contribution in [2.75, 3.05) is 50.2 Å². The summed E-state index contributed by atoms with van der Waals surface area (Å²) < 4.78 is 16.3. The summed E-state index contributed by atoms with van der Waals surface area (Å²) in [5.41, 5.74) is 2.81. The first-order chi connectivity index (χ1) is 12.7. The molecule has 1 saturated heterocycles. The first kappa shape index (κ1) is 18.1. The molecule has 2 aromatic carbocycles. The van der Waals surface area contributed by atoms with Crippen LogP contribution in [-0.2, 0) is 9.53 Å². The van der Waals surface area contributed by atoms with Gasteiger partial charge >= 0.3 is 0 Å². The highest BCUT2D eigenvalue weighted by Gasteiger charge is 2.17. The van der Waals surface area contributed by atoms with Crippen molar-refractivity contribution in [3.8, 4) is 11.5 Å². The molecule has 1 amide bonds. The molecule has 1 aliphatic rings. The number of amides is 1. The summed E-state index contributed by atoms with van der Waals surface area (Å²) in [4.78, 5) is 14.6. The van der Waals surface area contributed by atoms with Gasteiger partial charge in [-0.05, 0) is 31.2 Å². The topological polar surface area (TPSA) is 60.0 Å². The molecule has 0 radical (unpaired) electrons. The van der Waals surface area contributed by atoms with Crippen molar-refractivity contribution in [3.05, 3.63) is 48.0 Å². The van der Waals surface area contributed by atoms with Gasteiger partial charge in [0.1, 0.15) is 11.5 Å². The predicted octanol–water partition coefficient (Wildman–Crippen LogP) is 2.86. The van der Waals surface area contributed by atoms with Crippen LogP contribution < -0.4 is 19.7 Å². The van der Waals surface area contributed by atoms with Gasteiger partial charge in [-0.3, -0.25) is 4.79 Å². The number of morpholine rings is 1. The minimum atomic E-state index is -0.215. The molecule has 1 heterocycles. The lowest BCUT2D eigenvalue weighted by molar-refractivity contribution is -0.118. The number of methoxy groups -OCH3 is 1. The van der Waals surface area contributed by atoms with Gasteiger partial charge in [-0.2, -0.15) is 0 Å². The van der Waals surface area contributed by atoms with Crippen molar-refractivity contribution in [1.29, 1.82) is 0 Å². The summed E-state index contributed by atoms with van der Waals surface area (Å²) in [5.74, 6) is 1.15. The van der Waals surface area contributed by atoms with Crippen LogP contribution in [0.2, 0.25) is 0 Å². The fourth-order valence-electron chi connectivity index (χ4n) is 2.79. The fourth-order valence-corrected chi connectivity index (χ4v) is 2.79. The molecular formula is C20H24N2O4. The van der Waals surface area contributed by atoms with Crippen molar-refractivity contribution in [2.45, 2.75) is 6.92 Å². The third-order valence-electron chi connectivity index (χ3n) is 4.22. The van der Waals surface area contributed by atoms with Crippen molar-refractivity contribution >= 4 is 17.3 Å². The molecule has 0 atom stereocenters. The van der Waals surface area contributed by atoms with E-state index in [9.17, 15) is 4.79 Å². The highest BCUT2D eigenvalue weighted by molar-refractivity contribution is 5.95. The van der Waals surface area contributed by atoms with Gasteiger partial charge < -0.3 is 24.4 Å². The molecule has 2 aromatic rings. The number of anilines is 2. The van der Waals surface area contributed by atoms with Crippen molar-refractivity contribution in [1.82, 2.24) is 0 Å². The minimum absolute atomic E-state index is 0.0528. The monoisotopic (exact) mass is 356 g/mol. The lowest BCUT2D eigenvalue weighted by atomic mass is 10.2. The van der Waals surface area contributed by atoms with E-state index in [1.807, 2.05) is 49.4 Å². The Hall–Kier alpha value is -2.73. The van der Waals surface area contributed by atoms with Crippen molar-refractivity contribution in [2.24, 2.45) is 0 Å². The number of carbonyl (C=O) groups excluding carboxylic acids is 1. The fraction of sp³-hybridized carbons (Fsp3) is 0.350. The quantitative estimate of drug-likeness (QED) is 0.862. The molecule has 0 unspecified atom stereocenters. The van der Waals surface area contributed by atoms with Crippen LogP contribution in [0.25, 0.3) is 0 Å². The van der Waals surface area contributed by atoms with Gasteiger partial charge in [0.05, 0.1) is 31.7 Å². The van der Waals surface area contributed by atoms with E-state index in [0.29, 0.717) is 30.4 Å². The number of hydrogen-bond donors (Lipinski definition) is 1. The Bertz CT molecular complexity index is 740. The summed E-state index contributed by atoms with van der Waals surface area (Å²) in [6, 6.07) is 13.3. The maximum Gasteiger partial charge on any atom is 0.262 e. The first-order valence-electron chi connectivity index (χ1n) is 8.66. The Morgan fingerprint density at radius 2 is 1.81 bits per heavy atom. The standard InChI is InChI=1S/C20H24N2O4/c1-15-3-5-16(6-4-15)26-14-20(23)21-18-13-17(24-2)7-8-19(18)22-9-11-25-12-10-22/h3-8,13H,9-12,14H2,1-2H3,(H,21,23). The molecule has 1 N–H and O–H groups in total. The zero-order valence-corrected chi connectivity index (χ0v) is 15.2. The Morgan fingerprint density at radius 3 is 2.50 bits per heavy atom. The first-order valence-corrected chi connectivity index (χ1v) is 8.66. The van der Waals surface area contributed by atoms with Crippen LogP contribution in [-0.4, -0.2) is 45.9 Å². The minimum Gasteiger partial charge on any atom is -0.497 e. The Balaban J connectivity index is 1.68. The number of carbonyl (C=O) groups is 1. The van der Waals surface area contributed by atoms with Crippen LogP contribution in [0.5, 0.6) is 11.5 Å². The van der Waals surface area contributed by atoms with Crippen LogP contribution in [0.3, 0.4) is 0 Å². The second kappa shape index (κ2) is 8.58. The van der Waals surface area contributed by atoms with E-state index in [1.165, 1.54) is 0 Å². The summed E-state index contributed by atoms with van der Waals surface area (Å²) in [6.45, 7) is 4.88. The zero-order chi connectivity index (χ0) is 18.4. The molecule has 0 saturated carbocycles. The molecule has 1 fully saturated rings. The number of aryl methyl sites for hydroxylation is 1. The number of nitrogens with one attached hydrogen (secondary N) is 1. The second-order valence-corrected chi connectivity index (χ2v) is 6.13. The molecular weight excluding hydrogens is 332 g/mol. The van der Waals surface area contributed by atoms with Crippen LogP contribution in [0.15, 0.2) is 42.5 Å². The average Bonchev–Trinajstić information content (AvgIpc) is 2.68. The normalized spacial score (nSPS) is 14.0. The van der Waals surface area contributed by atoms with Crippen molar-refractivity contribution in [3.63, 3.8) is 0 Å². The van der Waals surface area contributed by atoms with Gasteiger partial charge in [-0.25, -0.2) is 0 Å². The summed E-state index contributed by atoms with van der Waals surface area (Å²) in [7, 11) is 1.61. The third kappa shape index (κ3) is 4.67. The lowest BCUT2D eigenvalue weighted by Gasteiger charge is -2.30. The number of nitrogens with zero attached hydrogens (tertiary/aromatic N) is 1. The Morgan fingerprint density at radius 1 is 1.12 bits per heavy atom. The highest BCUT2D eigenvalue weighted by atomic mass is 16.5. The molecule has 0 aliphatic carbocycles. The van der Waals surface area contributed by atoms with Crippen LogP contribution in [0, 0.1) is 6.92 Å². The van der Waals surface area contributed by atoms with Crippen LogP contribution >= 0.6 is 0 Å². The van der Waals surface area contributed by atoms with Crippen molar-refractivity contribution < 1.29 is 19.0 Å². The predicted molar refractivity (Wildman–Crippen MR) is 101 cm³/mol. The van der Waals surface area contributed by atoms with Gasteiger partial charge in [-0.15, -0.1) is 0 Å². The van der Waals surface area contributed by atoms with E-state index in [0.717, 1.165) is 24.3 Å². The van der Waals surface area contributed by atoms with Gasteiger partial charge in [0.25, 0.3) is 5.91 Å². The van der Waals surface area contributed by atoms with E-state index in [2.05, 4.69) is 10.2 Å². The van der Waals surface area contributed by atoms with Gasteiger partial charge in [0, 0.05) is 19.2 Å². The maximum atomic E-state index is 12.4. The summed E-state index contributed by atoms with van der Waals surface area (Å²) in [6.07, 6.45) is 0. The molecule has 0 spiro atoms. The van der Waals surface area contributed by atoms with E-state index < -0.39 is 0 Å². The largest absolute Gasteiger partial charge is 0.497 e. The van der Waals surface area contributed by atoms with E-state index in [1.54, 1.807) is 7.11 Å². The van der Waals surface area contributed by atoms with Crippen LogP contribution in [0.4, 0.5) is 11.4 Å². The average molecular weight is 356 g/mol. The van der Waals surface area contributed by atoms with E-state index in [-0.39, 0.29) is 12.5 Å². The van der Waals surface area contributed by atoms with Gasteiger partial charge in [-0.1, -0.05) is 17.7 Å². The molecule has 6 heteroatoms. The third-order valence-corrected chi connectivity index (χ3v) is 4.22. The maximum absolute atomic E-state index is 12.4. The number of rotatable bonds is 6. The SMILES string of the molecule is COc1ccc(N2CCOCC2)c(NC(=O)COc2ccc(C)cc2)c1. The Labute approximate surface area is 153 Å². The molecule has 6 nitrogen and oxygen atoms in total. The Kier molecular flexibility index (Phi) is 5.96. The second-order valence-electron chi connectivity index (χ2n) is 6.13. The van der Waals surface area contributed by atoms with Gasteiger partial charge in [0.2, 0.25) is 0 Å².